The second-order valence-corrected chi connectivity index (χ2v) is 6.20. The highest BCUT2D eigenvalue weighted by molar-refractivity contribution is 9.09. The minimum Gasteiger partial charge on any atom is -0.0840 e. The van der Waals surface area contributed by atoms with Gasteiger partial charge in [-0.05, 0) is 43.0 Å². The van der Waals surface area contributed by atoms with E-state index in [0.717, 1.165) is 17.0 Å². The molecule has 0 heterocycles. The largest absolute Gasteiger partial charge is 0.0840 e. The third kappa shape index (κ3) is 3.37. The van der Waals surface area contributed by atoms with E-state index in [0.29, 0.717) is 0 Å². The van der Waals surface area contributed by atoms with Crippen molar-refractivity contribution in [1.82, 2.24) is 0 Å². The molecule has 0 aliphatic heterocycles. The average molecular weight is 324 g/mol. The Bertz CT molecular complexity index is 549. The van der Waals surface area contributed by atoms with Crippen molar-refractivity contribution in [3.63, 3.8) is 0 Å². The first-order valence-electron chi connectivity index (χ1n) is 6.02. The van der Waals surface area contributed by atoms with E-state index in [-0.39, 0.29) is 4.83 Å². The lowest BCUT2D eigenvalue weighted by Gasteiger charge is -2.13. The summed E-state index contributed by atoms with van der Waals surface area (Å²) in [6.45, 7) is 4.17. The first-order valence-corrected chi connectivity index (χ1v) is 7.31. The molecule has 1 atom stereocenters. The van der Waals surface area contributed by atoms with Gasteiger partial charge in [-0.15, -0.1) is 0 Å². The quantitative estimate of drug-likeness (QED) is 0.642. The SMILES string of the molecule is Cc1cccc(CC(Br)c2ccc(C)cc2Cl)c1. The Hall–Kier alpha value is -0.790. The summed E-state index contributed by atoms with van der Waals surface area (Å²) in [7, 11) is 0. The molecule has 0 fully saturated rings. The zero-order valence-electron chi connectivity index (χ0n) is 10.6. The number of aryl methyl sites for hydroxylation is 2. The molecule has 0 aliphatic carbocycles. The molecule has 2 aromatic rings. The minimum atomic E-state index is 0.257. The van der Waals surface area contributed by atoms with Gasteiger partial charge in [-0.25, -0.2) is 0 Å². The van der Waals surface area contributed by atoms with Crippen LogP contribution in [0.4, 0.5) is 0 Å². The first kappa shape index (κ1) is 13.6. The number of hydrogen-bond donors (Lipinski definition) is 0. The van der Waals surface area contributed by atoms with E-state index in [1.807, 2.05) is 6.07 Å². The number of halogens is 2. The first-order chi connectivity index (χ1) is 8.56. The molecule has 0 aliphatic rings. The van der Waals surface area contributed by atoms with Crippen molar-refractivity contribution in [1.29, 1.82) is 0 Å². The maximum atomic E-state index is 6.29. The van der Waals surface area contributed by atoms with Crippen molar-refractivity contribution in [3.05, 3.63) is 69.7 Å². The van der Waals surface area contributed by atoms with Gasteiger partial charge in [0.1, 0.15) is 0 Å². The van der Waals surface area contributed by atoms with Crippen molar-refractivity contribution >= 4 is 27.5 Å². The number of benzene rings is 2. The van der Waals surface area contributed by atoms with Gasteiger partial charge in [-0.1, -0.05) is 69.5 Å². The maximum absolute atomic E-state index is 6.29. The summed E-state index contributed by atoms with van der Waals surface area (Å²) in [6.07, 6.45) is 0.949. The fourth-order valence-corrected chi connectivity index (χ4v) is 3.31. The molecule has 2 heteroatoms. The Kier molecular flexibility index (Phi) is 4.47. The summed E-state index contributed by atoms with van der Waals surface area (Å²) in [4.78, 5) is 0.257. The molecule has 18 heavy (non-hydrogen) atoms. The molecule has 0 saturated carbocycles. The Morgan fingerprint density at radius 3 is 2.44 bits per heavy atom. The Labute approximate surface area is 122 Å². The van der Waals surface area contributed by atoms with Gasteiger partial charge in [0, 0.05) is 9.85 Å². The summed E-state index contributed by atoms with van der Waals surface area (Å²) >= 11 is 10.0. The fourth-order valence-electron chi connectivity index (χ4n) is 2.04. The van der Waals surface area contributed by atoms with Gasteiger partial charge in [0.05, 0.1) is 0 Å². The Morgan fingerprint density at radius 2 is 1.78 bits per heavy atom. The predicted molar refractivity (Wildman–Crippen MR) is 82.7 cm³/mol. The van der Waals surface area contributed by atoms with Gasteiger partial charge in [-0.3, -0.25) is 0 Å². The van der Waals surface area contributed by atoms with Gasteiger partial charge in [-0.2, -0.15) is 0 Å². The van der Waals surface area contributed by atoms with Crippen molar-refractivity contribution in [2.24, 2.45) is 0 Å². The van der Waals surface area contributed by atoms with E-state index in [1.165, 1.54) is 16.7 Å². The molecule has 2 aromatic carbocycles. The van der Waals surface area contributed by atoms with Gasteiger partial charge in [0.25, 0.3) is 0 Å². The highest BCUT2D eigenvalue weighted by atomic mass is 79.9. The third-order valence-electron chi connectivity index (χ3n) is 2.99. The standard InChI is InChI=1S/C16H16BrCl/c1-11-4-3-5-13(8-11)10-15(17)14-7-6-12(2)9-16(14)18/h3-9,15H,10H2,1-2H3. The highest BCUT2D eigenvalue weighted by Crippen LogP contribution is 2.32. The average Bonchev–Trinajstić information content (AvgIpc) is 2.28. The third-order valence-corrected chi connectivity index (χ3v) is 4.14. The van der Waals surface area contributed by atoms with Gasteiger partial charge >= 0.3 is 0 Å². The molecule has 1 unspecified atom stereocenters. The lowest BCUT2D eigenvalue weighted by atomic mass is 10.0. The zero-order valence-corrected chi connectivity index (χ0v) is 12.9. The van der Waals surface area contributed by atoms with Crippen molar-refractivity contribution in [3.8, 4) is 0 Å². The zero-order chi connectivity index (χ0) is 13.1. The number of rotatable bonds is 3. The molecular formula is C16H16BrCl. The molecule has 0 radical (unpaired) electrons. The summed E-state index contributed by atoms with van der Waals surface area (Å²) < 4.78 is 0. The highest BCUT2D eigenvalue weighted by Gasteiger charge is 2.12. The van der Waals surface area contributed by atoms with Gasteiger partial charge in [0.15, 0.2) is 0 Å². The summed E-state index contributed by atoms with van der Waals surface area (Å²) in [5, 5.41) is 0.838. The maximum Gasteiger partial charge on any atom is 0.0452 e. The van der Waals surface area contributed by atoms with Gasteiger partial charge in [0.2, 0.25) is 0 Å². The second-order valence-electron chi connectivity index (χ2n) is 4.69. The monoisotopic (exact) mass is 322 g/mol. The van der Waals surface area contributed by atoms with Crippen LogP contribution in [-0.2, 0) is 6.42 Å². The molecule has 0 amide bonds. The van der Waals surface area contributed by atoms with E-state index < -0.39 is 0 Å². The summed E-state index contributed by atoms with van der Waals surface area (Å²) in [5.74, 6) is 0. The fraction of sp³-hybridized carbons (Fsp3) is 0.250. The predicted octanol–water partition coefficient (Wildman–Crippen LogP) is 5.64. The van der Waals surface area contributed by atoms with E-state index in [1.54, 1.807) is 0 Å². The molecule has 2 rings (SSSR count). The Morgan fingerprint density at radius 1 is 1.06 bits per heavy atom. The van der Waals surface area contributed by atoms with Crippen LogP contribution in [0.2, 0.25) is 5.02 Å². The molecular weight excluding hydrogens is 308 g/mol. The molecule has 0 bridgehead atoms. The molecule has 0 spiro atoms. The second kappa shape index (κ2) is 5.90. The van der Waals surface area contributed by atoms with Crippen LogP contribution in [0.3, 0.4) is 0 Å². The Balaban J connectivity index is 2.19. The van der Waals surface area contributed by atoms with Crippen LogP contribution in [0.15, 0.2) is 42.5 Å². The lowest BCUT2D eigenvalue weighted by Crippen LogP contribution is -1.97. The van der Waals surface area contributed by atoms with Crippen LogP contribution < -0.4 is 0 Å². The topological polar surface area (TPSA) is 0 Å². The van der Waals surface area contributed by atoms with E-state index in [9.17, 15) is 0 Å². The van der Waals surface area contributed by atoms with Crippen LogP contribution in [-0.4, -0.2) is 0 Å². The van der Waals surface area contributed by atoms with E-state index in [2.05, 4.69) is 66.2 Å². The van der Waals surface area contributed by atoms with E-state index in [4.69, 9.17) is 11.6 Å². The van der Waals surface area contributed by atoms with E-state index >= 15 is 0 Å². The van der Waals surface area contributed by atoms with Crippen LogP contribution in [0.5, 0.6) is 0 Å². The van der Waals surface area contributed by atoms with Crippen LogP contribution in [0.25, 0.3) is 0 Å². The number of hydrogen-bond acceptors (Lipinski definition) is 0. The lowest BCUT2D eigenvalue weighted by molar-refractivity contribution is 0.946. The van der Waals surface area contributed by atoms with Crippen molar-refractivity contribution in [2.45, 2.75) is 25.1 Å². The van der Waals surface area contributed by atoms with Crippen LogP contribution in [0.1, 0.15) is 27.1 Å². The molecule has 94 valence electrons. The number of alkyl halides is 1. The molecule has 0 saturated heterocycles. The molecule has 0 N–H and O–H groups in total. The van der Waals surface area contributed by atoms with Crippen molar-refractivity contribution in [2.75, 3.05) is 0 Å². The van der Waals surface area contributed by atoms with Crippen LogP contribution >= 0.6 is 27.5 Å². The minimum absolute atomic E-state index is 0.257. The molecule has 0 aromatic heterocycles. The van der Waals surface area contributed by atoms with Crippen molar-refractivity contribution < 1.29 is 0 Å². The summed E-state index contributed by atoms with van der Waals surface area (Å²) in [5.41, 5.74) is 4.97. The van der Waals surface area contributed by atoms with Gasteiger partial charge < -0.3 is 0 Å². The smallest absolute Gasteiger partial charge is 0.0452 e. The van der Waals surface area contributed by atoms with Crippen LogP contribution in [0, 0.1) is 13.8 Å². The normalized spacial score (nSPS) is 12.4. The summed E-state index contributed by atoms with van der Waals surface area (Å²) in [6, 6.07) is 14.8. The molecule has 0 nitrogen and oxygen atoms in total.